The van der Waals surface area contributed by atoms with Crippen molar-refractivity contribution < 1.29 is 8.78 Å². The van der Waals surface area contributed by atoms with Crippen LogP contribution in [0.1, 0.15) is 0 Å². The third-order valence-corrected chi connectivity index (χ3v) is 4.84. The van der Waals surface area contributed by atoms with Crippen LogP contribution in [-0.4, -0.2) is 0 Å². The molecule has 20 heavy (non-hydrogen) atoms. The molecule has 2 aromatic rings. The number of rotatable bonds is 1. The summed E-state index contributed by atoms with van der Waals surface area (Å²) in [6.07, 6.45) is 0. The van der Waals surface area contributed by atoms with Crippen LogP contribution in [0.4, 0.5) is 8.78 Å². The van der Waals surface area contributed by atoms with E-state index in [0.29, 0.717) is 0 Å². The Morgan fingerprint density at radius 3 is 1.95 bits per heavy atom. The van der Waals surface area contributed by atoms with E-state index in [4.69, 9.17) is 69.6 Å². The molecule has 0 spiro atoms. The average molecular weight is 396 g/mol. The minimum atomic E-state index is -1.13. The molecule has 105 valence electrons. The zero-order valence-corrected chi connectivity index (χ0v) is 13.6. The van der Waals surface area contributed by atoms with Gasteiger partial charge in [-0.05, 0) is 6.07 Å². The van der Waals surface area contributed by atoms with E-state index in [1.54, 1.807) is 0 Å². The maximum absolute atomic E-state index is 13.7. The van der Waals surface area contributed by atoms with E-state index >= 15 is 0 Å². The number of hydrogen-bond donors (Lipinski definition) is 0. The zero-order chi connectivity index (χ0) is 15.2. The fourth-order valence-electron chi connectivity index (χ4n) is 1.46. The van der Waals surface area contributed by atoms with E-state index in [-0.39, 0.29) is 31.2 Å². The van der Waals surface area contributed by atoms with Gasteiger partial charge in [0.25, 0.3) is 0 Å². The number of hydrogen-bond acceptors (Lipinski definition) is 0. The molecule has 0 aliphatic heterocycles. The highest BCUT2D eigenvalue weighted by atomic mass is 35.5. The van der Waals surface area contributed by atoms with Crippen molar-refractivity contribution in [3.63, 3.8) is 0 Å². The molecule has 0 fully saturated rings. The van der Waals surface area contributed by atoms with Crippen LogP contribution >= 0.6 is 69.6 Å². The number of halogens is 8. The second-order valence-electron chi connectivity index (χ2n) is 3.60. The molecule has 2 rings (SSSR count). The van der Waals surface area contributed by atoms with Gasteiger partial charge in [0.15, 0.2) is 11.6 Å². The molecular weight excluding hydrogens is 395 g/mol. The lowest BCUT2D eigenvalue weighted by molar-refractivity contribution is 0.584. The van der Waals surface area contributed by atoms with Gasteiger partial charge in [0.05, 0.1) is 25.1 Å². The molecule has 0 saturated heterocycles. The van der Waals surface area contributed by atoms with Crippen LogP contribution < -0.4 is 0 Å². The summed E-state index contributed by atoms with van der Waals surface area (Å²) in [5.74, 6) is -2.24. The van der Waals surface area contributed by atoms with Crippen LogP contribution in [-0.2, 0) is 0 Å². The molecule has 0 aromatic heterocycles. The highest BCUT2D eigenvalue weighted by molar-refractivity contribution is 6.53. The van der Waals surface area contributed by atoms with E-state index in [1.165, 1.54) is 6.07 Å². The first-order chi connectivity index (χ1) is 9.25. The summed E-state index contributed by atoms with van der Waals surface area (Å²) in [5.41, 5.74) is -0.0675. The summed E-state index contributed by atoms with van der Waals surface area (Å²) in [6.45, 7) is 0. The molecule has 0 saturated carbocycles. The monoisotopic (exact) mass is 393 g/mol. The summed E-state index contributed by atoms with van der Waals surface area (Å²) >= 11 is 34.7. The van der Waals surface area contributed by atoms with Gasteiger partial charge in [-0.2, -0.15) is 0 Å². The van der Waals surface area contributed by atoms with Crippen LogP contribution in [0.3, 0.4) is 0 Å². The van der Waals surface area contributed by atoms with Crippen molar-refractivity contribution in [1.82, 2.24) is 0 Å². The van der Waals surface area contributed by atoms with Gasteiger partial charge in [0.1, 0.15) is 5.02 Å². The third-order valence-electron chi connectivity index (χ3n) is 2.40. The molecular formula is C12HCl6F2. The van der Waals surface area contributed by atoms with Gasteiger partial charge >= 0.3 is 0 Å². The molecule has 0 amide bonds. The van der Waals surface area contributed by atoms with Crippen LogP contribution in [0.25, 0.3) is 11.1 Å². The van der Waals surface area contributed by atoms with E-state index in [9.17, 15) is 8.78 Å². The average Bonchev–Trinajstić information content (AvgIpc) is 2.42. The first kappa shape index (κ1) is 16.4. The molecule has 0 N–H and O–H groups in total. The van der Waals surface area contributed by atoms with Crippen LogP contribution in [0.5, 0.6) is 0 Å². The molecule has 0 atom stereocenters. The van der Waals surface area contributed by atoms with Gasteiger partial charge in [-0.15, -0.1) is 0 Å². The number of benzene rings is 2. The third kappa shape index (κ3) is 2.70. The van der Waals surface area contributed by atoms with E-state index < -0.39 is 21.7 Å². The van der Waals surface area contributed by atoms with Crippen molar-refractivity contribution in [2.45, 2.75) is 0 Å². The maximum Gasteiger partial charge on any atom is 0.164 e. The van der Waals surface area contributed by atoms with Gasteiger partial charge in [-0.25, -0.2) is 8.78 Å². The van der Waals surface area contributed by atoms with Crippen molar-refractivity contribution in [3.8, 4) is 11.1 Å². The molecule has 2 aromatic carbocycles. The van der Waals surface area contributed by atoms with Gasteiger partial charge in [0.2, 0.25) is 0 Å². The topological polar surface area (TPSA) is 0 Å². The SMILES string of the molecule is Fc1[c]c(-c2cc(Cl)c(Cl)c(Cl)c2Cl)c(Cl)c(F)c1Cl. The minimum Gasteiger partial charge on any atom is -0.205 e. The Bertz CT molecular complexity index is 653. The summed E-state index contributed by atoms with van der Waals surface area (Å²) in [6, 6.07) is 3.48. The summed E-state index contributed by atoms with van der Waals surface area (Å²) < 4.78 is 27.2. The second-order valence-corrected chi connectivity index (χ2v) is 5.90. The molecule has 0 aliphatic rings. The van der Waals surface area contributed by atoms with Gasteiger partial charge in [-0.3, -0.25) is 0 Å². The van der Waals surface area contributed by atoms with Crippen LogP contribution in [0.15, 0.2) is 6.07 Å². The summed E-state index contributed by atoms with van der Waals surface area (Å²) in [4.78, 5) is 0. The van der Waals surface area contributed by atoms with Crippen molar-refractivity contribution >= 4 is 69.6 Å². The molecule has 8 heteroatoms. The van der Waals surface area contributed by atoms with Crippen LogP contribution in [0, 0.1) is 17.7 Å². The van der Waals surface area contributed by atoms with Crippen LogP contribution in [0.2, 0.25) is 30.1 Å². The highest BCUT2D eigenvalue weighted by Gasteiger charge is 2.22. The van der Waals surface area contributed by atoms with Crippen molar-refractivity contribution in [3.05, 3.63) is 53.9 Å². The van der Waals surface area contributed by atoms with Crippen molar-refractivity contribution in [2.75, 3.05) is 0 Å². The predicted molar refractivity (Wildman–Crippen MR) is 80.7 cm³/mol. The standard InChI is InChI=1S/C12HCl6F2/c13-5-1-3(7(14)11(18)9(5)16)4-2-6(19)10(17)12(20)8(4)15/h1H. The fourth-order valence-corrected chi connectivity index (χ4v) is 2.79. The minimum absolute atomic E-state index is 0.0214. The Morgan fingerprint density at radius 2 is 1.35 bits per heavy atom. The Labute approximate surface area is 143 Å². The lowest BCUT2D eigenvalue weighted by Crippen LogP contribution is -1.92. The predicted octanol–water partition coefficient (Wildman–Crippen LogP) is 7.35. The zero-order valence-electron chi connectivity index (χ0n) is 9.10. The van der Waals surface area contributed by atoms with E-state index in [0.717, 1.165) is 0 Å². The van der Waals surface area contributed by atoms with Gasteiger partial charge in [-0.1, -0.05) is 69.6 Å². The molecule has 0 heterocycles. The first-order valence-electron chi connectivity index (χ1n) is 4.84. The summed E-state index contributed by atoms with van der Waals surface area (Å²) in [5, 5.41) is -1.25. The Morgan fingerprint density at radius 1 is 0.750 bits per heavy atom. The van der Waals surface area contributed by atoms with Gasteiger partial charge < -0.3 is 0 Å². The van der Waals surface area contributed by atoms with Crippen molar-refractivity contribution in [2.24, 2.45) is 0 Å². The smallest absolute Gasteiger partial charge is 0.164 e. The Kier molecular flexibility index (Phi) is 4.95. The first-order valence-corrected chi connectivity index (χ1v) is 7.11. The van der Waals surface area contributed by atoms with E-state index in [2.05, 4.69) is 6.07 Å². The fraction of sp³-hybridized carbons (Fsp3) is 0. The largest absolute Gasteiger partial charge is 0.205 e. The molecule has 1 radical (unpaired) electrons. The van der Waals surface area contributed by atoms with Crippen molar-refractivity contribution in [1.29, 1.82) is 0 Å². The highest BCUT2D eigenvalue weighted by Crippen LogP contribution is 2.45. The molecule has 0 nitrogen and oxygen atoms in total. The lowest BCUT2D eigenvalue weighted by atomic mass is 10.0. The molecule has 0 aliphatic carbocycles. The lowest BCUT2D eigenvalue weighted by Gasteiger charge is -2.12. The quantitative estimate of drug-likeness (QED) is 0.349. The summed E-state index contributed by atoms with van der Waals surface area (Å²) in [7, 11) is 0. The molecule has 0 bridgehead atoms. The van der Waals surface area contributed by atoms with E-state index in [1.807, 2.05) is 0 Å². The second kappa shape index (κ2) is 6.04. The Balaban J connectivity index is 2.83. The normalized spacial score (nSPS) is 11.0. The Hall–Kier alpha value is 0.0400. The maximum atomic E-state index is 13.7. The molecule has 0 unspecified atom stereocenters. The van der Waals surface area contributed by atoms with Gasteiger partial charge in [0, 0.05) is 17.2 Å².